The monoisotopic (exact) mass is 433 g/mol. The first-order valence-corrected chi connectivity index (χ1v) is 11.9. The van der Waals surface area contributed by atoms with Crippen LogP contribution in [0, 0.1) is 5.92 Å². The van der Waals surface area contributed by atoms with E-state index in [2.05, 4.69) is 75.4 Å². The highest BCUT2D eigenvalue weighted by Crippen LogP contribution is 2.25. The van der Waals surface area contributed by atoms with Gasteiger partial charge in [0.05, 0.1) is 0 Å². The molecule has 0 radical (unpaired) electrons. The molecule has 0 bridgehead atoms. The van der Waals surface area contributed by atoms with E-state index in [0.29, 0.717) is 13.2 Å². The number of hydrogen-bond donors (Lipinski definition) is 1. The number of rotatable bonds is 10. The van der Waals surface area contributed by atoms with Crippen LogP contribution in [-0.2, 0) is 22.6 Å². The third kappa shape index (κ3) is 5.78. The van der Waals surface area contributed by atoms with Crippen molar-refractivity contribution in [3.05, 3.63) is 71.9 Å². The number of hydrogen-bond acceptors (Lipinski definition) is 3. The van der Waals surface area contributed by atoms with Gasteiger partial charge in [0.2, 0.25) is 5.91 Å². The molecule has 1 fully saturated rings. The van der Waals surface area contributed by atoms with Gasteiger partial charge in [0.1, 0.15) is 0 Å². The molecule has 1 amide bonds. The molecule has 2 aromatic carbocycles. The summed E-state index contributed by atoms with van der Waals surface area (Å²) in [5.41, 5.74) is 3.94. The Morgan fingerprint density at radius 2 is 1.78 bits per heavy atom. The van der Waals surface area contributed by atoms with Crippen molar-refractivity contribution in [2.45, 2.75) is 39.3 Å². The molecular weight excluding hydrogens is 398 g/mol. The first-order chi connectivity index (χ1) is 15.7. The van der Waals surface area contributed by atoms with Gasteiger partial charge in [-0.05, 0) is 62.4 Å². The molecule has 2 heterocycles. The van der Waals surface area contributed by atoms with Gasteiger partial charge in [-0.1, -0.05) is 48.5 Å². The zero-order chi connectivity index (χ0) is 22.2. The maximum Gasteiger partial charge on any atom is 0.223 e. The average Bonchev–Trinajstić information content (AvgIpc) is 3.17. The molecule has 4 rings (SSSR count). The molecule has 0 atom stereocenters. The molecule has 5 heteroatoms. The van der Waals surface area contributed by atoms with Gasteiger partial charge in [-0.25, -0.2) is 0 Å². The van der Waals surface area contributed by atoms with E-state index >= 15 is 0 Å². The van der Waals surface area contributed by atoms with Gasteiger partial charge < -0.3 is 14.6 Å². The number of piperidine rings is 1. The van der Waals surface area contributed by atoms with E-state index in [9.17, 15) is 4.79 Å². The molecule has 1 saturated heterocycles. The number of carbonyl (C=O) groups is 1. The Bertz CT molecular complexity index is 991. The summed E-state index contributed by atoms with van der Waals surface area (Å²) in [4.78, 5) is 15.0. The lowest BCUT2D eigenvalue weighted by Crippen LogP contribution is -2.40. The van der Waals surface area contributed by atoms with Crippen molar-refractivity contribution in [2.75, 3.05) is 32.8 Å². The van der Waals surface area contributed by atoms with Gasteiger partial charge >= 0.3 is 0 Å². The highest BCUT2D eigenvalue weighted by Gasteiger charge is 2.25. The number of likely N-dealkylation sites (tertiary alicyclic amines) is 1. The average molecular weight is 434 g/mol. The number of ether oxygens (including phenoxy) is 1. The van der Waals surface area contributed by atoms with Crippen LogP contribution >= 0.6 is 0 Å². The standard InChI is InChI=1S/C27H35N3O2/c1-2-32-18-8-15-28-27(31)23-13-16-29(17-14-23)21-25-19-24-11-6-7-12-26(24)30(25)20-22-9-4-3-5-10-22/h3-7,9-12,19,23H,2,8,13-18,20-21H2,1H3,(H,28,31). The van der Waals surface area contributed by atoms with E-state index in [1.54, 1.807) is 0 Å². The number of nitrogens with one attached hydrogen (secondary N) is 1. The summed E-state index contributed by atoms with van der Waals surface area (Å²) in [6, 6.07) is 21.6. The fourth-order valence-corrected chi connectivity index (χ4v) is 4.61. The SMILES string of the molecule is CCOCCCNC(=O)C1CCN(Cc2cc3ccccc3n2Cc2ccccc2)CC1. The smallest absolute Gasteiger partial charge is 0.223 e. The maximum absolute atomic E-state index is 12.5. The Morgan fingerprint density at radius 3 is 2.56 bits per heavy atom. The third-order valence-corrected chi connectivity index (χ3v) is 6.39. The molecule has 1 aliphatic heterocycles. The summed E-state index contributed by atoms with van der Waals surface area (Å²) < 4.78 is 7.79. The van der Waals surface area contributed by atoms with Crippen LogP contribution in [0.3, 0.4) is 0 Å². The van der Waals surface area contributed by atoms with Gasteiger partial charge in [-0.2, -0.15) is 0 Å². The number of fused-ring (bicyclic) bond motifs is 1. The van der Waals surface area contributed by atoms with Crippen LogP contribution in [-0.4, -0.2) is 48.2 Å². The largest absolute Gasteiger partial charge is 0.382 e. The molecular formula is C27H35N3O2. The molecule has 3 aromatic rings. The zero-order valence-electron chi connectivity index (χ0n) is 19.1. The molecule has 32 heavy (non-hydrogen) atoms. The Morgan fingerprint density at radius 1 is 1.03 bits per heavy atom. The van der Waals surface area contributed by atoms with Crippen LogP contribution in [0.5, 0.6) is 0 Å². The van der Waals surface area contributed by atoms with Crippen LogP contribution in [0.2, 0.25) is 0 Å². The Labute approximate surface area is 191 Å². The number of nitrogens with zero attached hydrogens (tertiary/aromatic N) is 2. The molecule has 0 spiro atoms. The molecule has 1 N–H and O–H groups in total. The Balaban J connectivity index is 1.35. The Hall–Kier alpha value is -2.63. The van der Waals surface area contributed by atoms with Gasteiger partial charge in [-0.3, -0.25) is 9.69 Å². The van der Waals surface area contributed by atoms with E-state index in [-0.39, 0.29) is 11.8 Å². The lowest BCUT2D eigenvalue weighted by molar-refractivity contribution is -0.126. The predicted octanol–water partition coefficient (Wildman–Crippen LogP) is 4.44. The van der Waals surface area contributed by atoms with Crippen molar-refractivity contribution in [3.63, 3.8) is 0 Å². The van der Waals surface area contributed by atoms with Crippen molar-refractivity contribution < 1.29 is 9.53 Å². The highest BCUT2D eigenvalue weighted by molar-refractivity contribution is 5.81. The molecule has 5 nitrogen and oxygen atoms in total. The molecule has 170 valence electrons. The van der Waals surface area contributed by atoms with Gasteiger partial charge in [-0.15, -0.1) is 0 Å². The van der Waals surface area contributed by atoms with Crippen LogP contribution in [0.4, 0.5) is 0 Å². The third-order valence-electron chi connectivity index (χ3n) is 6.39. The van der Waals surface area contributed by atoms with Crippen LogP contribution < -0.4 is 5.32 Å². The first-order valence-electron chi connectivity index (χ1n) is 11.9. The van der Waals surface area contributed by atoms with E-state index in [1.165, 1.54) is 22.2 Å². The fourth-order valence-electron chi connectivity index (χ4n) is 4.61. The summed E-state index contributed by atoms with van der Waals surface area (Å²) in [6.07, 6.45) is 2.73. The van der Waals surface area contributed by atoms with E-state index < -0.39 is 0 Å². The Kier molecular flexibility index (Phi) is 7.97. The molecule has 1 aliphatic rings. The van der Waals surface area contributed by atoms with Crippen molar-refractivity contribution >= 4 is 16.8 Å². The fraction of sp³-hybridized carbons (Fsp3) is 0.444. The van der Waals surface area contributed by atoms with Crippen LogP contribution in [0.15, 0.2) is 60.7 Å². The topological polar surface area (TPSA) is 46.5 Å². The van der Waals surface area contributed by atoms with Gasteiger partial charge in [0, 0.05) is 50.0 Å². The van der Waals surface area contributed by atoms with Crippen molar-refractivity contribution in [1.29, 1.82) is 0 Å². The lowest BCUT2D eigenvalue weighted by atomic mass is 9.96. The molecule has 0 unspecified atom stereocenters. The number of para-hydroxylation sites is 1. The van der Waals surface area contributed by atoms with Crippen molar-refractivity contribution in [1.82, 2.24) is 14.8 Å². The van der Waals surface area contributed by atoms with Crippen LogP contribution in [0.1, 0.15) is 37.4 Å². The summed E-state index contributed by atoms with van der Waals surface area (Å²) in [6.45, 7) is 7.87. The minimum Gasteiger partial charge on any atom is -0.382 e. The normalized spacial score (nSPS) is 15.3. The van der Waals surface area contributed by atoms with E-state index in [0.717, 1.165) is 52.0 Å². The number of carbonyl (C=O) groups excluding carboxylic acids is 1. The number of amides is 1. The summed E-state index contributed by atoms with van der Waals surface area (Å²) in [7, 11) is 0. The summed E-state index contributed by atoms with van der Waals surface area (Å²) in [5.74, 6) is 0.341. The first kappa shape index (κ1) is 22.6. The zero-order valence-corrected chi connectivity index (χ0v) is 19.1. The van der Waals surface area contributed by atoms with Crippen molar-refractivity contribution in [3.8, 4) is 0 Å². The molecule has 1 aromatic heterocycles. The van der Waals surface area contributed by atoms with E-state index in [4.69, 9.17) is 4.74 Å². The van der Waals surface area contributed by atoms with Crippen LogP contribution in [0.25, 0.3) is 10.9 Å². The second-order valence-electron chi connectivity index (χ2n) is 8.66. The van der Waals surface area contributed by atoms with Gasteiger partial charge in [0.15, 0.2) is 0 Å². The number of aromatic nitrogens is 1. The minimum absolute atomic E-state index is 0.133. The second-order valence-corrected chi connectivity index (χ2v) is 8.66. The molecule has 0 saturated carbocycles. The molecule has 0 aliphatic carbocycles. The minimum atomic E-state index is 0.133. The second kappa shape index (κ2) is 11.3. The van der Waals surface area contributed by atoms with Gasteiger partial charge in [0.25, 0.3) is 0 Å². The summed E-state index contributed by atoms with van der Waals surface area (Å²) >= 11 is 0. The lowest BCUT2D eigenvalue weighted by Gasteiger charge is -2.31. The van der Waals surface area contributed by atoms with E-state index in [1.807, 2.05) is 6.92 Å². The highest BCUT2D eigenvalue weighted by atomic mass is 16.5. The number of benzene rings is 2. The maximum atomic E-state index is 12.5. The summed E-state index contributed by atoms with van der Waals surface area (Å²) in [5, 5.41) is 4.38. The van der Waals surface area contributed by atoms with Crippen molar-refractivity contribution in [2.24, 2.45) is 5.92 Å². The predicted molar refractivity (Wildman–Crippen MR) is 130 cm³/mol. The quantitative estimate of drug-likeness (QED) is 0.481.